The first-order chi connectivity index (χ1) is 10.0. The Morgan fingerprint density at radius 1 is 1.33 bits per heavy atom. The van der Waals surface area contributed by atoms with Crippen LogP contribution in [0.25, 0.3) is 0 Å². The van der Waals surface area contributed by atoms with Crippen molar-refractivity contribution in [2.75, 3.05) is 38.3 Å². The van der Waals surface area contributed by atoms with Gasteiger partial charge in [0.1, 0.15) is 0 Å². The van der Waals surface area contributed by atoms with Crippen LogP contribution in [0.5, 0.6) is 0 Å². The number of nitrogens with zero attached hydrogens (tertiary/aromatic N) is 2. The van der Waals surface area contributed by atoms with Crippen molar-refractivity contribution in [3.05, 3.63) is 10.6 Å². The Balaban J connectivity index is 2.06. The van der Waals surface area contributed by atoms with E-state index in [9.17, 15) is 0 Å². The van der Waals surface area contributed by atoms with Crippen molar-refractivity contribution in [1.29, 1.82) is 0 Å². The third-order valence-corrected chi connectivity index (χ3v) is 5.42. The first-order valence-electron chi connectivity index (χ1n) is 7.97. The van der Waals surface area contributed by atoms with Crippen LogP contribution >= 0.6 is 11.3 Å². The molecule has 1 aliphatic heterocycles. The Kier molecular flexibility index (Phi) is 6.02. The molecule has 5 heteroatoms. The third kappa shape index (κ3) is 4.18. The molecule has 1 fully saturated rings. The molecule has 0 aliphatic carbocycles. The highest BCUT2D eigenvalue weighted by molar-refractivity contribution is 7.15. The number of anilines is 1. The zero-order valence-corrected chi connectivity index (χ0v) is 14.8. The molecule has 0 saturated carbocycles. The van der Waals surface area contributed by atoms with E-state index >= 15 is 0 Å². The quantitative estimate of drug-likeness (QED) is 0.785. The topological polar surface area (TPSA) is 37.4 Å². The number of hydrogen-bond donors (Lipinski definition) is 1. The highest BCUT2D eigenvalue weighted by Crippen LogP contribution is 2.34. The lowest BCUT2D eigenvalue weighted by Crippen LogP contribution is -2.19. The first kappa shape index (κ1) is 16.7. The molecule has 4 nitrogen and oxygen atoms in total. The predicted molar refractivity (Wildman–Crippen MR) is 90.3 cm³/mol. The summed E-state index contributed by atoms with van der Waals surface area (Å²) in [5, 5.41) is 4.65. The molecule has 0 bridgehead atoms. The van der Waals surface area contributed by atoms with E-state index < -0.39 is 0 Å². The summed E-state index contributed by atoms with van der Waals surface area (Å²) in [6, 6.07) is 0. The zero-order chi connectivity index (χ0) is 15.4. The Hall–Kier alpha value is -0.650. The number of nitrogens with one attached hydrogen (secondary N) is 1. The number of hydrogen-bond acceptors (Lipinski definition) is 5. The molecule has 1 aliphatic rings. The lowest BCUT2D eigenvalue weighted by molar-refractivity contribution is 0.199. The van der Waals surface area contributed by atoms with Crippen molar-refractivity contribution >= 4 is 16.5 Å². The van der Waals surface area contributed by atoms with E-state index in [0.29, 0.717) is 5.92 Å². The molecule has 0 aromatic carbocycles. The first-order valence-corrected chi connectivity index (χ1v) is 8.78. The maximum Gasteiger partial charge on any atom is 0.185 e. The normalized spacial score (nSPS) is 22.5. The molecule has 0 amide bonds. The van der Waals surface area contributed by atoms with Gasteiger partial charge in [-0.25, -0.2) is 4.98 Å². The monoisotopic (exact) mass is 311 g/mol. The second-order valence-corrected chi connectivity index (χ2v) is 7.55. The van der Waals surface area contributed by atoms with Crippen LogP contribution in [-0.2, 0) is 11.3 Å². The van der Waals surface area contributed by atoms with Gasteiger partial charge >= 0.3 is 0 Å². The maximum absolute atomic E-state index is 5.08. The van der Waals surface area contributed by atoms with Gasteiger partial charge in [0.05, 0.1) is 12.3 Å². The minimum Gasteiger partial charge on any atom is -0.383 e. The average Bonchev–Trinajstić information content (AvgIpc) is 3.00. The maximum atomic E-state index is 5.08. The van der Waals surface area contributed by atoms with Crippen molar-refractivity contribution in [3.8, 4) is 0 Å². The van der Waals surface area contributed by atoms with Crippen LogP contribution in [-0.4, -0.2) is 38.3 Å². The summed E-state index contributed by atoms with van der Waals surface area (Å²) in [7, 11) is 1.74. The average molecular weight is 311 g/mol. The number of rotatable bonds is 7. The molecule has 1 N–H and O–H groups in total. The van der Waals surface area contributed by atoms with Crippen LogP contribution in [0.4, 0.5) is 5.13 Å². The van der Waals surface area contributed by atoms with Gasteiger partial charge in [-0.05, 0) is 17.8 Å². The number of thiazole rings is 1. The summed E-state index contributed by atoms with van der Waals surface area (Å²) in [6.45, 7) is 14.0. The van der Waals surface area contributed by atoms with Crippen LogP contribution in [0.15, 0.2) is 0 Å². The van der Waals surface area contributed by atoms with E-state index in [-0.39, 0.29) is 0 Å². The van der Waals surface area contributed by atoms with Crippen molar-refractivity contribution in [1.82, 2.24) is 10.3 Å². The van der Waals surface area contributed by atoms with E-state index in [1.807, 2.05) is 11.3 Å². The van der Waals surface area contributed by atoms with Crippen LogP contribution in [0, 0.1) is 11.8 Å². The fourth-order valence-corrected chi connectivity index (χ4v) is 3.93. The van der Waals surface area contributed by atoms with Crippen LogP contribution in [0.2, 0.25) is 0 Å². The molecule has 21 heavy (non-hydrogen) atoms. The van der Waals surface area contributed by atoms with Gasteiger partial charge in [0, 0.05) is 38.2 Å². The Labute approximate surface area is 132 Å². The molecular weight excluding hydrogens is 282 g/mol. The van der Waals surface area contributed by atoms with Crippen LogP contribution in [0.3, 0.4) is 0 Å². The molecular formula is C16H29N3OS. The Morgan fingerprint density at radius 2 is 2.00 bits per heavy atom. The van der Waals surface area contributed by atoms with E-state index in [1.165, 1.54) is 15.7 Å². The van der Waals surface area contributed by atoms with Gasteiger partial charge in [-0.15, -0.1) is 11.3 Å². The molecule has 2 heterocycles. The van der Waals surface area contributed by atoms with Crippen LogP contribution in [0.1, 0.15) is 44.2 Å². The van der Waals surface area contributed by atoms with Gasteiger partial charge in [0.2, 0.25) is 0 Å². The number of aromatic nitrogens is 1. The molecule has 1 aromatic heterocycles. The SMILES string of the molecule is COCCNCc1sc(N2CC(C)C(C)C2)nc1C(C)C. The highest BCUT2D eigenvalue weighted by Gasteiger charge is 2.29. The van der Waals surface area contributed by atoms with Gasteiger partial charge in [0.25, 0.3) is 0 Å². The second-order valence-electron chi connectivity index (χ2n) is 6.49. The minimum absolute atomic E-state index is 0.478. The van der Waals surface area contributed by atoms with Crippen molar-refractivity contribution in [2.45, 2.75) is 40.2 Å². The number of methoxy groups -OCH3 is 1. The second kappa shape index (κ2) is 7.56. The summed E-state index contributed by atoms with van der Waals surface area (Å²) in [6.07, 6.45) is 0. The van der Waals surface area contributed by atoms with Gasteiger partial charge in [-0.1, -0.05) is 27.7 Å². The fraction of sp³-hybridized carbons (Fsp3) is 0.812. The lowest BCUT2D eigenvalue weighted by atomic mass is 10.0. The van der Waals surface area contributed by atoms with E-state index in [1.54, 1.807) is 7.11 Å². The van der Waals surface area contributed by atoms with Gasteiger partial charge in [0.15, 0.2) is 5.13 Å². The summed E-state index contributed by atoms with van der Waals surface area (Å²) < 4.78 is 5.08. The zero-order valence-electron chi connectivity index (χ0n) is 14.0. The van der Waals surface area contributed by atoms with Crippen molar-refractivity contribution in [2.24, 2.45) is 11.8 Å². The summed E-state index contributed by atoms with van der Waals surface area (Å²) in [4.78, 5) is 8.77. The van der Waals surface area contributed by atoms with Gasteiger partial charge < -0.3 is 15.0 Å². The van der Waals surface area contributed by atoms with Crippen molar-refractivity contribution in [3.63, 3.8) is 0 Å². The largest absolute Gasteiger partial charge is 0.383 e. The smallest absolute Gasteiger partial charge is 0.185 e. The fourth-order valence-electron chi connectivity index (χ4n) is 2.73. The number of ether oxygens (including phenoxy) is 1. The minimum atomic E-state index is 0.478. The molecule has 2 atom stereocenters. The summed E-state index contributed by atoms with van der Waals surface area (Å²) in [5.74, 6) is 2.01. The Morgan fingerprint density at radius 3 is 2.57 bits per heavy atom. The van der Waals surface area contributed by atoms with E-state index in [4.69, 9.17) is 9.72 Å². The predicted octanol–water partition coefficient (Wildman–Crippen LogP) is 3.09. The van der Waals surface area contributed by atoms with Crippen molar-refractivity contribution < 1.29 is 4.74 Å². The van der Waals surface area contributed by atoms with E-state index in [0.717, 1.165) is 44.6 Å². The Bertz CT molecular complexity index is 437. The molecule has 120 valence electrons. The molecule has 2 rings (SSSR count). The molecule has 2 unspecified atom stereocenters. The molecule has 1 saturated heterocycles. The lowest BCUT2D eigenvalue weighted by Gasteiger charge is -2.13. The molecule has 1 aromatic rings. The molecule has 0 spiro atoms. The van der Waals surface area contributed by atoms with Crippen LogP contribution < -0.4 is 10.2 Å². The van der Waals surface area contributed by atoms with E-state index in [2.05, 4.69) is 37.9 Å². The van der Waals surface area contributed by atoms with Gasteiger partial charge in [-0.2, -0.15) is 0 Å². The molecule has 0 radical (unpaired) electrons. The summed E-state index contributed by atoms with van der Waals surface area (Å²) in [5.41, 5.74) is 1.26. The summed E-state index contributed by atoms with van der Waals surface area (Å²) >= 11 is 1.86. The van der Waals surface area contributed by atoms with Gasteiger partial charge in [-0.3, -0.25) is 0 Å². The highest BCUT2D eigenvalue weighted by atomic mass is 32.1. The standard InChI is InChI=1S/C16H29N3OS/c1-11(2)15-14(8-17-6-7-20-5)21-16(18-15)19-9-12(3)13(4)10-19/h11-13,17H,6-10H2,1-5H3. The third-order valence-electron chi connectivity index (χ3n) is 4.29.